The molecule has 0 spiro atoms. The molecular weight excluding hydrogens is 800 g/mol. The maximum Gasteiger partial charge on any atom is 0.472 e. The fraction of sp³-hybridized carbons (Fsp3) is 0.788. The molecule has 62 heavy (non-hydrogen) atoms. The summed E-state index contributed by atoms with van der Waals surface area (Å²) in [4.78, 5) is 22.7. The lowest BCUT2D eigenvalue weighted by Gasteiger charge is -2.20. The van der Waals surface area contributed by atoms with Crippen LogP contribution in [0.5, 0.6) is 0 Å². The lowest BCUT2D eigenvalue weighted by Crippen LogP contribution is -2.29. The molecule has 0 saturated carbocycles. The van der Waals surface area contributed by atoms with E-state index in [1.54, 1.807) is 0 Å². The molecule has 3 atom stereocenters. The average Bonchev–Trinajstić information content (AvgIpc) is 3.26. The minimum Gasteiger partial charge on any atom is -0.457 e. The summed E-state index contributed by atoms with van der Waals surface area (Å²) in [5.41, 5.74) is 0. The van der Waals surface area contributed by atoms with Crippen molar-refractivity contribution in [2.24, 2.45) is 0 Å². The first-order valence-electron chi connectivity index (χ1n) is 25.3. The van der Waals surface area contributed by atoms with E-state index in [9.17, 15) is 19.4 Å². The molecule has 0 heterocycles. The molecule has 0 aliphatic heterocycles. The van der Waals surface area contributed by atoms with Crippen LogP contribution in [0.1, 0.15) is 219 Å². The molecule has 3 N–H and O–H groups in total. The number of esters is 1. The van der Waals surface area contributed by atoms with Gasteiger partial charge >= 0.3 is 13.8 Å². The molecule has 0 saturated heterocycles. The van der Waals surface area contributed by atoms with Crippen LogP contribution in [0.3, 0.4) is 0 Å². The quantitative estimate of drug-likeness (QED) is 0.0236. The van der Waals surface area contributed by atoms with E-state index in [4.69, 9.17) is 23.6 Å². The van der Waals surface area contributed by atoms with E-state index < -0.39 is 33.2 Å². The van der Waals surface area contributed by atoms with Crippen molar-refractivity contribution in [1.82, 2.24) is 0 Å². The maximum atomic E-state index is 12.7. The number of phosphoric ester groups is 1. The predicted molar refractivity (Wildman–Crippen MR) is 260 cm³/mol. The number of aliphatic hydroxyl groups excluding tert-OH is 2. The Morgan fingerprint density at radius 2 is 0.919 bits per heavy atom. The smallest absolute Gasteiger partial charge is 0.457 e. The van der Waals surface area contributed by atoms with Crippen molar-refractivity contribution in [2.75, 3.05) is 33.0 Å². The molecule has 0 aliphatic carbocycles. The molecule has 0 bridgehead atoms. The zero-order chi connectivity index (χ0) is 45.3. The van der Waals surface area contributed by atoms with Crippen LogP contribution >= 0.6 is 7.82 Å². The molecule has 9 nitrogen and oxygen atoms in total. The summed E-state index contributed by atoms with van der Waals surface area (Å²) < 4.78 is 33.5. The van der Waals surface area contributed by atoms with Crippen LogP contribution in [0.2, 0.25) is 0 Å². The maximum absolute atomic E-state index is 12.7. The molecule has 0 rings (SSSR count). The molecule has 0 amide bonds. The first-order chi connectivity index (χ1) is 30.3. The van der Waals surface area contributed by atoms with Gasteiger partial charge in [-0.2, -0.15) is 0 Å². The number of rotatable bonds is 48. The summed E-state index contributed by atoms with van der Waals surface area (Å²) in [6.45, 7) is 3.41. The van der Waals surface area contributed by atoms with E-state index in [1.807, 2.05) is 0 Å². The number of ether oxygens (including phenoxy) is 2. The van der Waals surface area contributed by atoms with E-state index in [2.05, 4.69) is 74.6 Å². The SMILES string of the molecule is CC/C=C\C/C=C\C/C=C\C/C=C\CCCCCCCCCCCCC(=O)OC(COCCCCCCCCCC/C=C\CCCCCCCC)COP(=O)(O)OCC(O)CO. The van der Waals surface area contributed by atoms with Crippen LogP contribution in [0.25, 0.3) is 0 Å². The number of hydrogen-bond donors (Lipinski definition) is 3. The highest BCUT2D eigenvalue weighted by molar-refractivity contribution is 7.47. The molecule has 0 aliphatic rings. The largest absolute Gasteiger partial charge is 0.472 e. The van der Waals surface area contributed by atoms with Gasteiger partial charge in [0.1, 0.15) is 12.2 Å². The summed E-state index contributed by atoms with van der Waals surface area (Å²) in [6, 6.07) is 0. The topological polar surface area (TPSA) is 132 Å². The molecule has 0 aromatic rings. The van der Waals surface area contributed by atoms with Gasteiger partial charge in [-0.15, -0.1) is 0 Å². The van der Waals surface area contributed by atoms with Gasteiger partial charge in [-0.3, -0.25) is 13.8 Å². The van der Waals surface area contributed by atoms with Crippen molar-refractivity contribution in [1.29, 1.82) is 0 Å². The molecule has 362 valence electrons. The number of carbonyl (C=O) groups is 1. The normalized spacial score (nSPS) is 14.3. The number of allylic oxidation sites excluding steroid dienone is 10. The van der Waals surface area contributed by atoms with Crippen LogP contribution in [-0.4, -0.2) is 66.3 Å². The van der Waals surface area contributed by atoms with Gasteiger partial charge < -0.3 is 24.6 Å². The number of phosphoric acid groups is 1. The molecule has 3 unspecified atom stereocenters. The fourth-order valence-corrected chi connectivity index (χ4v) is 7.66. The minimum atomic E-state index is -4.53. The zero-order valence-electron chi connectivity index (χ0n) is 39.8. The zero-order valence-corrected chi connectivity index (χ0v) is 40.7. The number of unbranched alkanes of at least 4 members (excludes halogenated alkanes) is 24. The third-order valence-corrected chi connectivity index (χ3v) is 11.6. The fourth-order valence-electron chi connectivity index (χ4n) is 6.87. The molecule has 0 aromatic heterocycles. The van der Waals surface area contributed by atoms with Crippen molar-refractivity contribution in [2.45, 2.75) is 232 Å². The van der Waals surface area contributed by atoms with Crippen molar-refractivity contribution in [3.63, 3.8) is 0 Å². The van der Waals surface area contributed by atoms with Gasteiger partial charge in [0.2, 0.25) is 0 Å². The van der Waals surface area contributed by atoms with Crippen molar-refractivity contribution < 1.29 is 43.0 Å². The van der Waals surface area contributed by atoms with Crippen molar-refractivity contribution in [3.05, 3.63) is 60.8 Å². The average molecular weight is 895 g/mol. The summed E-state index contributed by atoms with van der Waals surface area (Å²) in [6.07, 6.45) is 57.5. The first-order valence-corrected chi connectivity index (χ1v) is 26.8. The van der Waals surface area contributed by atoms with E-state index >= 15 is 0 Å². The van der Waals surface area contributed by atoms with Gasteiger partial charge in [0, 0.05) is 13.0 Å². The Bertz CT molecular complexity index is 1150. The monoisotopic (exact) mass is 895 g/mol. The Morgan fingerprint density at radius 3 is 1.40 bits per heavy atom. The molecular formula is C52H95O9P. The lowest BCUT2D eigenvalue weighted by molar-refractivity contribution is -0.154. The standard InChI is InChI=1S/C52H95O9P/c1-3-5-7-9-11-13-15-17-19-21-23-24-25-26-27-28-30-32-34-36-38-40-42-44-52(55)61-51(49-60-62(56,57)59-47-50(54)46-53)48-58-45-43-41-39-37-35-33-31-29-22-20-18-16-14-12-10-8-6-4-2/h5,7,11,13,17-20,23-24,50-51,53-54H,3-4,6,8-10,12,14-16,21-22,25-49H2,1-2H3,(H,56,57)/b7-5-,13-11-,19-17-,20-18-,24-23-. The van der Waals surface area contributed by atoms with E-state index in [0.29, 0.717) is 6.61 Å². The second-order valence-corrected chi connectivity index (χ2v) is 18.3. The Balaban J connectivity index is 4.09. The first kappa shape index (κ1) is 60.2. The Morgan fingerprint density at radius 1 is 0.516 bits per heavy atom. The van der Waals surface area contributed by atoms with Crippen molar-refractivity contribution in [3.8, 4) is 0 Å². The van der Waals surface area contributed by atoms with Crippen LogP contribution in [0.15, 0.2) is 60.8 Å². The highest BCUT2D eigenvalue weighted by Crippen LogP contribution is 2.43. The molecule has 0 fully saturated rings. The summed E-state index contributed by atoms with van der Waals surface area (Å²) in [5.74, 6) is -0.388. The van der Waals surface area contributed by atoms with Crippen LogP contribution < -0.4 is 0 Å². The van der Waals surface area contributed by atoms with Gasteiger partial charge in [0.05, 0.1) is 26.4 Å². The van der Waals surface area contributed by atoms with Gasteiger partial charge in [-0.25, -0.2) is 4.57 Å². The predicted octanol–water partition coefficient (Wildman–Crippen LogP) is 14.7. The summed E-state index contributed by atoms with van der Waals surface area (Å²) in [7, 11) is -4.53. The third kappa shape index (κ3) is 47.6. The van der Waals surface area contributed by atoms with Gasteiger partial charge in [-0.05, 0) is 77.0 Å². The van der Waals surface area contributed by atoms with Crippen LogP contribution in [-0.2, 0) is 27.9 Å². The lowest BCUT2D eigenvalue weighted by atomic mass is 10.0. The second kappa shape index (κ2) is 48.6. The Kier molecular flexibility index (Phi) is 47.2. The number of aliphatic hydroxyl groups is 2. The summed E-state index contributed by atoms with van der Waals surface area (Å²) >= 11 is 0. The molecule has 0 aromatic carbocycles. The van der Waals surface area contributed by atoms with E-state index in [0.717, 1.165) is 77.0 Å². The second-order valence-electron chi connectivity index (χ2n) is 16.8. The van der Waals surface area contributed by atoms with Crippen LogP contribution in [0, 0.1) is 0 Å². The highest BCUT2D eigenvalue weighted by Gasteiger charge is 2.26. The van der Waals surface area contributed by atoms with Gasteiger partial charge in [0.15, 0.2) is 0 Å². The van der Waals surface area contributed by atoms with E-state index in [1.165, 1.54) is 122 Å². The van der Waals surface area contributed by atoms with E-state index in [-0.39, 0.29) is 25.6 Å². The van der Waals surface area contributed by atoms with Crippen molar-refractivity contribution >= 4 is 13.8 Å². The molecule has 10 heteroatoms. The molecule has 0 radical (unpaired) electrons. The summed E-state index contributed by atoms with van der Waals surface area (Å²) in [5, 5.41) is 18.4. The van der Waals surface area contributed by atoms with Gasteiger partial charge in [-0.1, -0.05) is 197 Å². The van der Waals surface area contributed by atoms with Crippen LogP contribution in [0.4, 0.5) is 0 Å². The highest BCUT2D eigenvalue weighted by atomic mass is 31.2. The third-order valence-electron chi connectivity index (χ3n) is 10.7. The van der Waals surface area contributed by atoms with Gasteiger partial charge in [0.25, 0.3) is 0 Å². The Hall–Kier alpha value is -1.84. The number of carbonyl (C=O) groups excluding carboxylic acids is 1. The Labute approximate surface area is 380 Å². The number of hydrogen-bond acceptors (Lipinski definition) is 8. The minimum absolute atomic E-state index is 0.0445.